The number of aryl methyl sites for hydroxylation is 1. The van der Waals surface area contributed by atoms with Crippen molar-refractivity contribution in [3.63, 3.8) is 0 Å². The van der Waals surface area contributed by atoms with Crippen molar-refractivity contribution in [2.45, 2.75) is 20.4 Å². The van der Waals surface area contributed by atoms with Gasteiger partial charge in [0, 0.05) is 42.6 Å². The van der Waals surface area contributed by atoms with Crippen molar-refractivity contribution in [3.8, 4) is 0 Å². The summed E-state index contributed by atoms with van der Waals surface area (Å²) in [7, 11) is 6.00. The molecule has 30 heavy (non-hydrogen) atoms. The van der Waals surface area contributed by atoms with Crippen molar-refractivity contribution in [1.29, 1.82) is 0 Å². The van der Waals surface area contributed by atoms with E-state index in [1.165, 1.54) is 5.56 Å². The number of hydrogen-bond acceptors (Lipinski definition) is 3. The fourth-order valence-corrected chi connectivity index (χ4v) is 3.33. The van der Waals surface area contributed by atoms with Crippen LogP contribution in [0.2, 0.25) is 5.02 Å². The summed E-state index contributed by atoms with van der Waals surface area (Å²) in [5.74, 6) is -0.273. The van der Waals surface area contributed by atoms with Crippen LogP contribution in [0.1, 0.15) is 18.1 Å². The molecule has 2 rings (SSSR count). The number of halogens is 1. The molecule has 2 N–H and O–H groups in total. The topological polar surface area (TPSA) is 57.1 Å². The second-order valence-corrected chi connectivity index (χ2v) is 8.22. The highest BCUT2D eigenvalue weighted by Gasteiger charge is 2.20. The molecule has 0 spiro atoms. The number of amides is 2. The van der Waals surface area contributed by atoms with Crippen molar-refractivity contribution in [2.75, 3.05) is 51.0 Å². The zero-order chi connectivity index (χ0) is 22.3. The molecule has 2 aromatic rings. The number of carbonyl (C=O) groups excluding carboxylic acids is 2. The van der Waals surface area contributed by atoms with E-state index < -0.39 is 0 Å². The van der Waals surface area contributed by atoms with E-state index >= 15 is 0 Å². The molecule has 0 aliphatic rings. The SMILES string of the molecule is CCN(CC(=O)Nc1cc(Cl)ccc1C)C(=O)C[NH+](C)Cc1ccc(N(C)C)cc1. The number of carbonyl (C=O) groups is 2. The van der Waals surface area contributed by atoms with Crippen LogP contribution in [0.5, 0.6) is 0 Å². The van der Waals surface area contributed by atoms with Crippen LogP contribution in [-0.4, -0.2) is 57.5 Å². The van der Waals surface area contributed by atoms with Crippen LogP contribution in [0.4, 0.5) is 11.4 Å². The Bertz CT molecular complexity index is 868. The summed E-state index contributed by atoms with van der Waals surface area (Å²) >= 11 is 6.01. The summed E-state index contributed by atoms with van der Waals surface area (Å²) in [4.78, 5) is 29.9. The van der Waals surface area contributed by atoms with Crippen LogP contribution >= 0.6 is 11.6 Å². The van der Waals surface area contributed by atoms with E-state index in [2.05, 4.69) is 34.5 Å². The first-order valence-corrected chi connectivity index (χ1v) is 10.5. The number of likely N-dealkylation sites (N-methyl/N-ethyl adjacent to an activating group) is 2. The third-order valence-corrected chi connectivity index (χ3v) is 5.19. The summed E-state index contributed by atoms with van der Waals surface area (Å²) in [5.41, 5.74) is 3.90. The minimum atomic E-state index is -0.229. The van der Waals surface area contributed by atoms with Crippen LogP contribution in [0.25, 0.3) is 0 Å². The first-order chi connectivity index (χ1) is 14.2. The summed E-state index contributed by atoms with van der Waals surface area (Å²) in [6.07, 6.45) is 0. The van der Waals surface area contributed by atoms with E-state index in [1.807, 2.05) is 41.1 Å². The molecule has 162 valence electrons. The Morgan fingerprint density at radius 2 is 1.77 bits per heavy atom. The van der Waals surface area contributed by atoms with Crippen molar-refractivity contribution < 1.29 is 14.5 Å². The normalized spacial score (nSPS) is 11.7. The van der Waals surface area contributed by atoms with E-state index in [0.29, 0.717) is 23.8 Å². The van der Waals surface area contributed by atoms with Crippen LogP contribution in [0.3, 0.4) is 0 Å². The maximum absolute atomic E-state index is 12.7. The average Bonchev–Trinajstić information content (AvgIpc) is 2.69. The fourth-order valence-electron chi connectivity index (χ4n) is 3.16. The average molecular weight is 432 g/mol. The summed E-state index contributed by atoms with van der Waals surface area (Å²) in [6.45, 7) is 5.35. The lowest BCUT2D eigenvalue weighted by molar-refractivity contribution is -0.885. The van der Waals surface area contributed by atoms with Gasteiger partial charge in [-0.3, -0.25) is 9.59 Å². The molecular formula is C23H32ClN4O2+. The highest BCUT2D eigenvalue weighted by atomic mass is 35.5. The monoisotopic (exact) mass is 431 g/mol. The third-order valence-electron chi connectivity index (χ3n) is 4.95. The number of nitrogens with one attached hydrogen (secondary N) is 2. The molecule has 0 saturated heterocycles. The highest BCUT2D eigenvalue weighted by Crippen LogP contribution is 2.20. The first kappa shape index (κ1) is 23.7. The second kappa shape index (κ2) is 11.0. The van der Waals surface area contributed by atoms with Gasteiger partial charge in [-0.2, -0.15) is 0 Å². The third kappa shape index (κ3) is 7.04. The zero-order valence-corrected chi connectivity index (χ0v) is 19.2. The molecule has 0 aromatic heterocycles. The standard InChI is InChI=1S/C23H31ClN4O2/c1-6-28(15-22(29)25-21-13-19(24)10-7-17(21)2)23(30)16-27(5)14-18-8-11-20(12-9-18)26(3)4/h7-13H,6,14-16H2,1-5H3,(H,25,29)/p+1. The molecule has 0 bridgehead atoms. The van der Waals surface area contributed by atoms with Gasteiger partial charge >= 0.3 is 0 Å². The molecule has 6 nitrogen and oxygen atoms in total. The molecule has 0 heterocycles. The largest absolute Gasteiger partial charge is 0.378 e. The molecule has 0 aliphatic carbocycles. The molecule has 0 saturated carbocycles. The van der Waals surface area contributed by atoms with Crippen LogP contribution in [-0.2, 0) is 16.1 Å². The maximum atomic E-state index is 12.7. The number of quaternary nitrogens is 1. The predicted octanol–water partition coefficient (Wildman–Crippen LogP) is 2.22. The molecule has 7 heteroatoms. The van der Waals surface area contributed by atoms with Gasteiger partial charge in [-0.15, -0.1) is 0 Å². The van der Waals surface area contributed by atoms with Gasteiger partial charge in [-0.25, -0.2) is 0 Å². The smallest absolute Gasteiger partial charge is 0.278 e. The minimum Gasteiger partial charge on any atom is -0.378 e. The van der Waals surface area contributed by atoms with E-state index in [-0.39, 0.29) is 18.4 Å². The molecule has 2 aromatic carbocycles. The molecule has 0 aliphatic heterocycles. The Labute approximate surface area is 184 Å². The van der Waals surface area contributed by atoms with Gasteiger partial charge in [0.15, 0.2) is 6.54 Å². The Hall–Kier alpha value is -2.57. The highest BCUT2D eigenvalue weighted by molar-refractivity contribution is 6.31. The molecular weight excluding hydrogens is 400 g/mol. The van der Waals surface area contributed by atoms with E-state index in [0.717, 1.165) is 22.7 Å². The van der Waals surface area contributed by atoms with Crippen molar-refractivity contribution in [3.05, 3.63) is 58.6 Å². The van der Waals surface area contributed by atoms with Crippen molar-refractivity contribution >= 4 is 34.8 Å². The van der Waals surface area contributed by atoms with Gasteiger partial charge in [0.2, 0.25) is 5.91 Å². The van der Waals surface area contributed by atoms with E-state index in [1.54, 1.807) is 17.0 Å². The van der Waals surface area contributed by atoms with Crippen molar-refractivity contribution in [1.82, 2.24) is 4.90 Å². The number of benzene rings is 2. The Balaban J connectivity index is 1.90. The Morgan fingerprint density at radius 3 is 2.37 bits per heavy atom. The summed E-state index contributed by atoms with van der Waals surface area (Å²) < 4.78 is 0. The van der Waals surface area contributed by atoms with E-state index in [9.17, 15) is 9.59 Å². The van der Waals surface area contributed by atoms with Gasteiger partial charge in [-0.05, 0) is 43.7 Å². The van der Waals surface area contributed by atoms with Gasteiger partial charge in [0.25, 0.3) is 5.91 Å². The lowest BCUT2D eigenvalue weighted by atomic mass is 10.2. The number of rotatable bonds is 9. The molecule has 2 amide bonds. The first-order valence-electron chi connectivity index (χ1n) is 10.1. The van der Waals surface area contributed by atoms with Gasteiger partial charge in [0.1, 0.15) is 13.1 Å². The quantitative estimate of drug-likeness (QED) is 0.640. The minimum absolute atomic E-state index is 0.0199. The Kier molecular flexibility index (Phi) is 8.69. The number of anilines is 2. The fraction of sp³-hybridized carbons (Fsp3) is 0.391. The zero-order valence-electron chi connectivity index (χ0n) is 18.5. The van der Waals surface area contributed by atoms with Crippen LogP contribution < -0.4 is 15.1 Å². The van der Waals surface area contributed by atoms with Gasteiger partial charge < -0.3 is 20.0 Å². The molecule has 0 radical (unpaired) electrons. The van der Waals surface area contributed by atoms with Gasteiger partial charge in [-0.1, -0.05) is 29.8 Å². The lowest BCUT2D eigenvalue weighted by Crippen LogP contribution is -3.08. The van der Waals surface area contributed by atoms with Crippen LogP contribution in [0, 0.1) is 6.92 Å². The molecule has 1 unspecified atom stereocenters. The van der Waals surface area contributed by atoms with E-state index in [4.69, 9.17) is 11.6 Å². The summed E-state index contributed by atoms with van der Waals surface area (Å²) in [6, 6.07) is 13.7. The lowest BCUT2D eigenvalue weighted by Gasteiger charge is -2.23. The predicted molar refractivity (Wildman–Crippen MR) is 123 cm³/mol. The Morgan fingerprint density at radius 1 is 1.10 bits per heavy atom. The molecule has 1 atom stereocenters. The second-order valence-electron chi connectivity index (χ2n) is 7.79. The van der Waals surface area contributed by atoms with Gasteiger partial charge in [0.05, 0.1) is 7.05 Å². The van der Waals surface area contributed by atoms with Crippen molar-refractivity contribution in [2.24, 2.45) is 0 Å². The maximum Gasteiger partial charge on any atom is 0.278 e. The van der Waals surface area contributed by atoms with Crippen LogP contribution in [0.15, 0.2) is 42.5 Å². The number of hydrogen-bond donors (Lipinski definition) is 2. The molecule has 0 fully saturated rings. The summed E-state index contributed by atoms with van der Waals surface area (Å²) in [5, 5.41) is 3.41. The number of nitrogens with zero attached hydrogens (tertiary/aromatic N) is 2.